The molecule has 7 nitrogen and oxygen atoms in total. The number of nitrogens with zero attached hydrogens (tertiary/aromatic N) is 2. The van der Waals surface area contributed by atoms with E-state index >= 15 is 0 Å². The average Bonchev–Trinajstić information content (AvgIpc) is 3.38. The van der Waals surface area contributed by atoms with Crippen molar-refractivity contribution in [3.05, 3.63) is 87.6 Å². The van der Waals surface area contributed by atoms with Crippen LogP contribution in [0.5, 0.6) is 0 Å². The van der Waals surface area contributed by atoms with Crippen molar-refractivity contribution < 1.29 is 4.79 Å². The molecule has 1 atom stereocenters. The number of imidazole rings is 1. The molecule has 1 saturated heterocycles. The molecule has 5 rings (SSSR count). The molecule has 3 heterocycles. The van der Waals surface area contributed by atoms with Crippen LogP contribution in [-0.4, -0.2) is 44.1 Å². The van der Waals surface area contributed by atoms with E-state index in [-0.39, 0.29) is 17.5 Å². The molecular formula is C23H23N5O2. The second kappa shape index (κ2) is 7.67. The minimum absolute atomic E-state index is 0.00669. The molecule has 0 saturated carbocycles. The lowest BCUT2D eigenvalue weighted by Crippen LogP contribution is -2.39. The van der Waals surface area contributed by atoms with Gasteiger partial charge in [-0.2, -0.15) is 5.10 Å². The Hall–Kier alpha value is -3.61. The molecule has 30 heavy (non-hydrogen) atoms. The predicted octanol–water partition coefficient (Wildman–Crippen LogP) is 3.19. The number of aromatic nitrogens is 4. The monoisotopic (exact) mass is 401 g/mol. The van der Waals surface area contributed by atoms with Gasteiger partial charge < -0.3 is 14.9 Å². The first-order valence-corrected chi connectivity index (χ1v) is 10.2. The number of aromatic amines is 3. The Morgan fingerprint density at radius 1 is 1.10 bits per heavy atom. The zero-order valence-corrected chi connectivity index (χ0v) is 16.5. The molecule has 2 aromatic carbocycles. The topological polar surface area (TPSA) is 97.6 Å². The van der Waals surface area contributed by atoms with Crippen LogP contribution in [0.4, 0.5) is 0 Å². The lowest BCUT2D eigenvalue weighted by molar-refractivity contribution is 0.0705. The molecule has 3 N–H and O–H groups in total. The van der Waals surface area contributed by atoms with Gasteiger partial charge in [0.1, 0.15) is 0 Å². The van der Waals surface area contributed by atoms with Gasteiger partial charge >= 0.3 is 5.69 Å². The fourth-order valence-electron chi connectivity index (χ4n) is 4.38. The summed E-state index contributed by atoms with van der Waals surface area (Å²) in [6.07, 6.45) is 4.70. The summed E-state index contributed by atoms with van der Waals surface area (Å²) in [6.45, 7) is 1.39. The highest BCUT2D eigenvalue weighted by Crippen LogP contribution is 2.30. The van der Waals surface area contributed by atoms with Gasteiger partial charge in [0.05, 0.1) is 17.2 Å². The van der Waals surface area contributed by atoms with Crippen LogP contribution in [0, 0.1) is 0 Å². The second-order valence-electron chi connectivity index (χ2n) is 7.90. The third-order valence-electron chi connectivity index (χ3n) is 5.87. The van der Waals surface area contributed by atoms with Crippen LogP contribution in [0.15, 0.2) is 59.5 Å². The number of hydrogen-bond donors (Lipinski definition) is 3. The summed E-state index contributed by atoms with van der Waals surface area (Å²) in [5, 5.41) is 7.48. The molecule has 152 valence electrons. The van der Waals surface area contributed by atoms with E-state index in [0.717, 1.165) is 31.5 Å². The summed E-state index contributed by atoms with van der Waals surface area (Å²) in [4.78, 5) is 32.0. The average molecular weight is 401 g/mol. The second-order valence-corrected chi connectivity index (χ2v) is 7.90. The summed E-state index contributed by atoms with van der Waals surface area (Å²) in [5.41, 5.74) is 5.24. The molecule has 1 unspecified atom stereocenters. The fraction of sp³-hybridized carbons (Fsp3) is 0.261. The molecule has 1 fully saturated rings. The van der Waals surface area contributed by atoms with Gasteiger partial charge in [-0.1, -0.05) is 30.3 Å². The Bertz CT molecular complexity index is 1240. The van der Waals surface area contributed by atoms with E-state index in [1.54, 1.807) is 18.2 Å². The van der Waals surface area contributed by atoms with Crippen molar-refractivity contribution in [1.29, 1.82) is 0 Å². The minimum atomic E-state index is -0.266. The van der Waals surface area contributed by atoms with Gasteiger partial charge in [-0.25, -0.2) is 4.79 Å². The van der Waals surface area contributed by atoms with E-state index in [9.17, 15) is 9.59 Å². The number of carbonyl (C=O) groups is 1. The van der Waals surface area contributed by atoms with Gasteiger partial charge in [-0.3, -0.25) is 9.89 Å². The van der Waals surface area contributed by atoms with Gasteiger partial charge in [0.15, 0.2) is 0 Å². The summed E-state index contributed by atoms with van der Waals surface area (Å²) < 4.78 is 0. The first-order chi connectivity index (χ1) is 14.7. The van der Waals surface area contributed by atoms with Crippen molar-refractivity contribution >= 4 is 16.9 Å². The molecule has 4 aromatic rings. The zero-order chi connectivity index (χ0) is 20.5. The van der Waals surface area contributed by atoms with Crippen LogP contribution in [-0.2, 0) is 6.42 Å². The lowest BCUT2D eigenvalue weighted by Gasteiger charge is -2.33. The lowest BCUT2D eigenvalue weighted by atomic mass is 9.90. The number of carbonyl (C=O) groups excluding carboxylic acids is 1. The molecule has 0 spiro atoms. The molecule has 1 aliphatic rings. The maximum atomic E-state index is 13.1. The van der Waals surface area contributed by atoms with Crippen LogP contribution in [0.25, 0.3) is 11.0 Å². The van der Waals surface area contributed by atoms with E-state index in [1.165, 1.54) is 11.1 Å². The summed E-state index contributed by atoms with van der Waals surface area (Å²) in [6, 6.07) is 15.6. The minimum Gasteiger partial charge on any atom is -0.338 e. The van der Waals surface area contributed by atoms with Crippen LogP contribution < -0.4 is 5.69 Å². The number of piperidine rings is 1. The number of H-pyrrole nitrogens is 3. The fourth-order valence-corrected chi connectivity index (χ4v) is 4.38. The van der Waals surface area contributed by atoms with E-state index in [1.807, 2.05) is 29.3 Å². The Morgan fingerprint density at radius 3 is 2.80 bits per heavy atom. The highest BCUT2D eigenvalue weighted by molar-refractivity contribution is 5.97. The smallest absolute Gasteiger partial charge is 0.323 e. The van der Waals surface area contributed by atoms with Crippen molar-refractivity contribution in [3.63, 3.8) is 0 Å². The van der Waals surface area contributed by atoms with Crippen LogP contribution in [0.2, 0.25) is 0 Å². The van der Waals surface area contributed by atoms with Gasteiger partial charge in [-0.15, -0.1) is 0 Å². The number of hydrogen-bond acceptors (Lipinski definition) is 3. The molecule has 0 radical (unpaired) electrons. The Kier molecular flexibility index (Phi) is 4.71. The third kappa shape index (κ3) is 3.54. The standard InChI is InChI=1S/C23H23N5O2/c29-22(16-8-9-19-20(12-16)26-23(30)25-19)28-10-4-7-17(14-28)21-18(13-24-27-21)11-15-5-2-1-3-6-15/h1-3,5-6,8-9,12-13,17H,4,7,10-11,14H2,(H,24,27)(H2,25,26,30). The van der Waals surface area contributed by atoms with Crippen molar-refractivity contribution in [2.24, 2.45) is 0 Å². The Labute approximate surface area is 173 Å². The van der Waals surface area contributed by atoms with Gasteiger partial charge in [0, 0.05) is 36.7 Å². The van der Waals surface area contributed by atoms with Gasteiger partial charge in [-0.05, 0) is 42.2 Å². The largest absolute Gasteiger partial charge is 0.338 e. The Morgan fingerprint density at radius 2 is 1.93 bits per heavy atom. The first-order valence-electron chi connectivity index (χ1n) is 10.2. The van der Waals surface area contributed by atoms with Gasteiger partial charge in [0.25, 0.3) is 5.91 Å². The number of nitrogens with one attached hydrogen (secondary N) is 3. The molecular weight excluding hydrogens is 378 g/mol. The Balaban J connectivity index is 1.35. The van der Waals surface area contributed by atoms with E-state index in [0.29, 0.717) is 23.1 Å². The molecule has 1 amide bonds. The third-order valence-corrected chi connectivity index (χ3v) is 5.87. The van der Waals surface area contributed by atoms with E-state index in [4.69, 9.17) is 0 Å². The summed E-state index contributed by atoms with van der Waals surface area (Å²) in [5.74, 6) is 0.229. The summed E-state index contributed by atoms with van der Waals surface area (Å²) >= 11 is 0. The first kappa shape index (κ1) is 18.4. The van der Waals surface area contributed by atoms with Crippen molar-refractivity contribution in [3.8, 4) is 0 Å². The van der Waals surface area contributed by atoms with E-state index in [2.05, 4.69) is 32.3 Å². The van der Waals surface area contributed by atoms with Crippen LogP contribution >= 0.6 is 0 Å². The van der Waals surface area contributed by atoms with Crippen molar-refractivity contribution in [1.82, 2.24) is 25.1 Å². The number of fused-ring (bicyclic) bond motifs is 1. The van der Waals surface area contributed by atoms with Crippen molar-refractivity contribution in [2.45, 2.75) is 25.2 Å². The number of rotatable bonds is 4. The number of benzene rings is 2. The molecule has 2 aromatic heterocycles. The molecule has 1 aliphatic heterocycles. The normalized spacial score (nSPS) is 16.8. The molecule has 0 aliphatic carbocycles. The SMILES string of the molecule is O=C(c1ccc2[nH]c(=O)[nH]c2c1)N1CCCC(c2[nH]ncc2Cc2ccccc2)C1. The number of likely N-dealkylation sites (tertiary alicyclic amines) is 1. The summed E-state index contributed by atoms with van der Waals surface area (Å²) in [7, 11) is 0. The van der Waals surface area contributed by atoms with Crippen LogP contribution in [0.1, 0.15) is 45.9 Å². The molecule has 0 bridgehead atoms. The van der Waals surface area contributed by atoms with E-state index < -0.39 is 0 Å². The van der Waals surface area contributed by atoms with Crippen LogP contribution in [0.3, 0.4) is 0 Å². The molecule has 7 heteroatoms. The zero-order valence-electron chi connectivity index (χ0n) is 16.5. The quantitative estimate of drug-likeness (QED) is 0.490. The maximum Gasteiger partial charge on any atom is 0.323 e. The number of amides is 1. The van der Waals surface area contributed by atoms with Crippen molar-refractivity contribution in [2.75, 3.05) is 13.1 Å². The van der Waals surface area contributed by atoms with Gasteiger partial charge in [0.2, 0.25) is 0 Å². The predicted molar refractivity (Wildman–Crippen MR) is 115 cm³/mol. The highest BCUT2D eigenvalue weighted by Gasteiger charge is 2.28. The highest BCUT2D eigenvalue weighted by atomic mass is 16.2. The maximum absolute atomic E-state index is 13.1.